The molecule has 1 aliphatic rings. The molecule has 1 amide bonds. The molecule has 140 valence electrons. The molecule has 4 heterocycles. The van der Waals surface area contributed by atoms with E-state index in [9.17, 15) is 4.79 Å². The Kier molecular flexibility index (Phi) is 3.76. The average Bonchev–Trinajstić information content (AvgIpc) is 2.99. The van der Waals surface area contributed by atoms with Crippen molar-refractivity contribution in [3.63, 3.8) is 0 Å². The standard InChI is InChI=1S/C18H13ClN6O3/c1-8-6-20-14-13-9-2-5-12(28-18-22-7-21-17(19)25-18)24-10(9)3-4-11(13)27-15(14)16(26)23-8/h2-5,7-8,20H,6H2,1H3,(H,23,26). The number of anilines is 1. The number of rotatable bonds is 2. The topological polar surface area (TPSA) is 115 Å². The summed E-state index contributed by atoms with van der Waals surface area (Å²) in [6.07, 6.45) is 1.26. The van der Waals surface area contributed by atoms with Crippen LogP contribution >= 0.6 is 11.6 Å². The molecular formula is C18H13ClN6O3. The van der Waals surface area contributed by atoms with E-state index in [4.69, 9.17) is 20.8 Å². The number of nitrogens with zero attached hydrogens (tertiary/aromatic N) is 4. The van der Waals surface area contributed by atoms with E-state index in [1.54, 1.807) is 18.2 Å². The van der Waals surface area contributed by atoms with Gasteiger partial charge in [0.05, 0.1) is 16.6 Å². The van der Waals surface area contributed by atoms with Crippen molar-refractivity contribution in [3.8, 4) is 11.9 Å². The fourth-order valence-electron chi connectivity index (χ4n) is 3.17. The summed E-state index contributed by atoms with van der Waals surface area (Å²) in [6, 6.07) is 7.17. The van der Waals surface area contributed by atoms with Crippen LogP contribution in [0.3, 0.4) is 0 Å². The lowest BCUT2D eigenvalue weighted by molar-refractivity contribution is 0.0920. The zero-order valence-electron chi connectivity index (χ0n) is 14.6. The first-order chi connectivity index (χ1) is 13.6. The molecule has 4 aromatic rings. The first-order valence-corrected chi connectivity index (χ1v) is 8.89. The number of hydrogen-bond donors (Lipinski definition) is 2. The maximum Gasteiger partial charge on any atom is 0.327 e. The van der Waals surface area contributed by atoms with Crippen LogP contribution in [0.25, 0.3) is 21.9 Å². The minimum absolute atomic E-state index is 0.00885. The third-order valence-corrected chi connectivity index (χ3v) is 4.56. The number of amides is 1. The SMILES string of the molecule is CC1CNc2c(oc3ccc4nc(Oc5ncnc(Cl)n5)ccc4c23)C(=O)N1. The molecule has 3 aromatic heterocycles. The summed E-state index contributed by atoms with van der Waals surface area (Å²) in [6.45, 7) is 2.52. The number of benzene rings is 1. The molecule has 0 aliphatic carbocycles. The minimum Gasteiger partial charge on any atom is -0.449 e. The molecule has 9 nitrogen and oxygen atoms in total. The van der Waals surface area contributed by atoms with Gasteiger partial charge in [0, 0.05) is 24.0 Å². The number of pyridine rings is 1. The number of fused-ring (bicyclic) bond motifs is 5. The Hall–Kier alpha value is -3.46. The number of ether oxygens (including phenoxy) is 1. The summed E-state index contributed by atoms with van der Waals surface area (Å²) in [5.74, 6) is 0.339. The third-order valence-electron chi connectivity index (χ3n) is 4.38. The molecule has 1 aliphatic heterocycles. The highest BCUT2D eigenvalue weighted by Gasteiger charge is 2.26. The predicted octanol–water partition coefficient (Wildman–Crippen LogP) is 3.16. The number of furan rings is 1. The fraction of sp³-hybridized carbons (Fsp3) is 0.167. The lowest BCUT2D eigenvalue weighted by atomic mass is 10.1. The van der Waals surface area contributed by atoms with Gasteiger partial charge in [0.1, 0.15) is 11.9 Å². The number of hydrogen-bond acceptors (Lipinski definition) is 8. The predicted molar refractivity (Wildman–Crippen MR) is 102 cm³/mol. The van der Waals surface area contributed by atoms with Gasteiger partial charge in [-0.2, -0.15) is 9.97 Å². The van der Waals surface area contributed by atoms with E-state index >= 15 is 0 Å². The molecular weight excluding hydrogens is 384 g/mol. The van der Waals surface area contributed by atoms with Crippen molar-refractivity contribution in [1.29, 1.82) is 0 Å². The molecule has 0 bridgehead atoms. The van der Waals surface area contributed by atoms with E-state index in [0.29, 0.717) is 29.2 Å². The second-order valence-corrected chi connectivity index (χ2v) is 6.69. The van der Waals surface area contributed by atoms with Gasteiger partial charge in [0.25, 0.3) is 5.91 Å². The van der Waals surface area contributed by atoms with Crippen LogP contribution < -0.4 is 15.4 Å². The van der Waals surface area contributed by atoms with Gasteiger partial charge in [-0.25, -0.2) is 9.97 Å². The van der Waals surface area contributed by atoms with Gasteiger partial charge in [-0.05, 0) is 36.7 Å². The highest BCUT2D eigenvalue weighted by molar-refractivity contribution is 6.28. The van der Waals surface area contributed by atoms with Crippen LogP contribution in [0.4, 0.5) is 5.69 Å². The molecule has 10 heteroatoms. The van der Waals surface area contributed by atoms with E-state index in [-0.39, 0.29) is 29.0 Å². The van der Waals surface area contributed by atoms with E-state index in [2.05, 4.69) is 30.6 Å². The van der Waals surface area contributed by atoms with Crippen LogP contribution in [0.5, 0.6) is 11.9 Å². The largest absolute Gasteiger partial charge is 0.449 e. The summed E-state index contributed by atoms with van der Waals surface area (Å²) in [5.41, 5.74) is 1.95. The molecule has 28 heavy (non-hydrogen) atoms. The quantitative estimate of drug-likeness (QED) is 0.531. The average molecular weight is 397 g/mol. The molecule has 0 spiro atoms. The Bertz CT molecular complexity index is 1240. The normalized spacial score (nSPS) is 16.4. The maximum atomic E-state index is 12.4. The number of carbonyl (C=O) groups is 1. The van der Waals surface area contributed by atoms with Gasteiger partial charge in [-0.1, -0.05) is 0 Å². The Labute approximate surface area is 163 Å². The third kappa shape index (κ3) is 2.76. The lowest BCUT2D eigenvalue weighted by Crippen LogP contribution is -2.34. The molecule has 1 unspecified atom stereocenters. The minimum atomic E-state index is -0.239. The van der Waals surface area contributed by atoms with Crippen molar-refractivity contribution in [1.82, 2.24) is 25.3 Å². The van der Waals surface area contributed by atoms with Gasteiger partial charge in [-0.15, -0.1) is 0 Å². The van der Waals surface area contributed by atoms with Crippen molar-refractivity contribution >= 4 is 45.1 Å². The molecule has 0 saturated carbocycles. The molecule has 5 rings (SSSR count). The summed E-state index contributed by atoms with van der Waals surface area (Å²) < 4.78 is 11.4. The van der Waals surface area contributed by atoms with Crippen LogP contribution in [-0.2, 0) is 0 Å². The number of aromatic nitrogens is 4. The fourth-order valence-corrected chi connectivity index (χ4v) is 3.28. The molecule has 0 fully saturated rings. The van der Waals surface area contributed by atoms with Gasteiger partial charge >= 0.3 is 6.01 Å². The number of carbonyl (C=O) groups excluding carboxylic acids is 1. The first-order valence-electron chi connectivity index (χ1n) is 8.52. The van der Waals surface area contributed by atoms with Crippen molar-refractivity contribution in [2.75, 3.05) is 11.9 Å². The maximum absolute atomic E-state index is 12.4. The van der Waals surface area contributed by atoms with Crippen molar-refractivity contribution in [2.45, 2.75) is 13.0 Å². The van der Waals surface area contributed by atoms with E-state index < -0.39 is 0 Å². The second-order valence-electron chi connectivity index (χ2n) is 6.36. The highest BCUT2D eigenvalue weighted by atomic mass is 35.5. The molecule has 0 saturated heterocycles. The highest BCUT2D eigenvalue weighted by Crippen LogP contribution is 2.37. The van der Waals surface area contributed by atoms with Crippen LogP contribution in [0.1, 0.15) is 17.5 Å². The first kappa shape index (κ1) is 16.7. The van der Waals surface area contributed by atoms with Gasteiger partial charge < -0.3 is 19.8 Å². The van der Waals surface area contributed by atoms with Gasteiger partial charge in [0.15, 0.2) is 0 Å². The van der Waals surface area contributed by atoms with Gasteiger partial charge in [0.2, 0.25) is 16.9 Å². The van der Waals surface area contributed by atoms with Crippen molar-refractivity contribution < 1.29 is 13.9 Å². The Morgan fingerprint density at radius 3 is 2.96 bits per heavy atom. The smallest absolute Gasteiger partial charge is 0.327 e. The summed E-state index contributed by atoms with van der Waals surface area (Å²) in [4.78, 5) is 28.4. The molecule has 0 radical (unpaired) electrons. The molecule has 1 atom stereocenters. The van der Waals surface area contributed by atoms with E-state index in [0.717, 1.165) is 10.8 Å². The monoisotopic (exact) mass is 396 g/mol. The Morgan fingerprint density at radius 1 is 1.21 bits per heavy atom. The Morgan fingerprint density at radius 2 is 2.11 bits per heavy atom. The van der Waals surface area contributed by atoms with Crippen LogP contribution in [-0.4, -0.2) is 38.4 Å². The lowest BCUT2D eigenvalue weighted by Gasteiger charge is -2.09. The summed E-state index contributed by atoms with van der Waals surface area (Å²) in [5, 5.41) is 7.86. The molecule has 2 N–H and O–H groups in total. The summed E-state index contributed by atoms with van der Waals surface area (Å²) >= 11 is 5.75. The van der Waals surface area contributed by atoms with E-state index in [1.807, 2.05) is 13.0 Å². The van der Waals surface area contributed by atoms with Crippen LogP contribution in [0.15, 0.2) is 35.0 Å². The van der Waals surface area contributed by atoms with Crippen molar-refractivity contribution in [3.05, 3.63) is 41.6 Å². The molecule has 1 aromatic carbocycles. The van der Waals surface area contributed by atoms with Gasteiger partial charge in [-0.3, -0.25) is 4.79 Å². The van der Waals surface area contributed by atoms with Crippen LogP contribution in [0.2, 0.25) is 5.28 Å². The zero-order chi connectivity index (χ0) is 19.3. The van der Waals surface area contributed by atoms with Crippen LogP contribution in [0, 0.1) is 0 Å². The Balaban J connectivity index is 1.62. The zero-order valence-corrected chi connectivity index (χ0v) is 15.3. The summed E-state index contributed by atoms with van der Waals surface area (Å²) in [7, 11) is 0. The number of halogens is 1. The van der Waals surface area contributed by atoms with Crippen molar-refractivity contribution in [2.24, 2.45) is 0 Å². The second kappa shape index (κ2) is 6.31. The van der Waals surface area contributed by atoms with E-state index in [1.165, 1.54) is 6.33 Å². The number of nitrogens with one attached hydrogen (secondary N) is 2.